The number of amides is 1. The van der Waals surface area contributed by atoms with Crippen molar-refractivity contribution in [2.45, 2.75) is 32.1 Å². The van der Waals surface area contributed by atoms with Gasteiger partial charge in [0.1, 0.15) is 6.10 Å². The van der Waals surface area contributed by atoms with E-state index in [4.69, 9.17) is 4.74 Å². The fraction of sp³-hybridized carbons (Fsp3) is 0.350. The van der Waals surface area contributed by atoms with Crippen molar-refractivity contribution in [3.8, 4) is 0 Å². The highest BCUT2D eigenvalue weighted by Gasteiger charge is 2.21. The molecule has 1 heterocycles. The first-order valence-electron chi connectivity index (χ1n) is 8.48. The molecule has 24 heavy (non-hydrogen) atoms. The van der Waals surface area contributed by atoms with E-state index in [0.717, 1.165) is 18.5 Å². The Hall–Kier alpha value is -2.17. The number of carbonyl (C=O) groups excluding carboxylic acids is 1. The van der Waals surface area contributed by atoms with Crippen LogP contribution in [-0.2, 0) is 22.6 Å². The van der Waals surface area contributed by atoms with Crippen molar-refractivity contribution in [2.24, 2.45) is 0 Å². The van der Waals surface area contributed by atoms with Gasteiger partial charge >= 0.3 is 0 Å². The van der Waals surface area contributed by atoms with E-state index in [9.17, 15) is 4.79 Å². The summed E-state index contributed by atoms with van der Waals surface area (Å²) in [7, 11) is 0. The van der Waals surface area contributed by atoms with Crippen molar-refractivity contribution in [2.75, 3.05) is 13.1 Å². The van der Waals surface area contributed by atoms with E-state index in [0.29, 0.717) is 13.2 Å². The quantitative estimate of drug-likeness (QED) is 0.859. The molecule has 0 saturated carbocycles. The molecule has 2 atom stereocenters. The molecule has 2 aromatic rings. The van der Waals surface area contributed by atoms with Crippen LogP contribution in [0, 0.1) is 0 Å². The molecule has 1 amide bonds. The summed E-state index contributed by atoms with van der Waals surface area (Å²) in [5.74, 6) is -0.0733. The zero-order valence-corrected chi connectivity index (χ0v) is 14.0. The number of nitrogens with one attached hydrogen (secondary N) is 2. The Balaban J connectivity index is 1.49. The average molecular weight is 324 g/mol. The maximum Gasteiger partial charge on any atom is 0.248 e. The minimum Gasteiger partial charge on any atom is -0.364 e. The molecule has 4 nitrogen and oxygen atoms in total. The van der Waals surface area contributed by atoms with Gasteiger partial charge in [-0.1, -0.05) is 54.6 Å². The highest BCUT2D eigenvalue weighted by atomic mass is 16.5. The molecule has 0 radical (unpaired) electrons. The van der Waals surface area contributed by atoms with Crippen LogP contribution in [0.4, 0.5) is 0 Å². The lowest BCUT2D eigenvalue weighted by molar-refractivity contribution is -0.132. The van der Waals surface area contributed by atoms with E-state index in [1.165, 1.54) is 11.1 Å². The summed E-state index contributed by atoms with van der Waals surface area (Å²) in [5, 5.41) is 6.47. The molecule has 1 aliphatic heterocycles. The van der Waals surface area contributed by atoms with E-state index < -0.39 is 6.10 Å². The van der Waals surface area contributed by atoms with Gasteiger partial charge in [0.2, 0.25) is 5.91 Å². The van der Waals surface area contributed by atoms with Crippen LogP contribution >= 0.6 is 0 Å². The van der Waals surface area contributed by atoms with E-state index in [-0.39, 0.29) is 11.9 Å². The summed E-state index contributed by atoms with van der Waals surface area (Å²) in [4.78, 5) is 12.3. The molecule has 126 valence electrons. The molecular weight excluding hydrogens is 300 g/mol. The van der Waals surface area contributed by atoms with Crippen molar-refractivity contribution < 1.29 is 9.53 Å². The van der Waals surface area contributed by atoms with Gasteiger partial charge in [0.15, 0.2) is 0 Å². The van der Waals surface area contributed by atoms with Gasteiger partial charge in [-0.05, 0) is 36.6 Å². The van der Waals surface area contributed by atoms with E-state index in [1.807, 2.05) is 36.4 Å². The molecule has 0 bridgehead atoms. The van der Waals surface area contributed by atoms with Crippen LogP contribution in [-0.4, -0.2) is 25.1 Å². The third-order valence-electron chi connectivity index (χ3n) is 4.41. The van der Waals surface area contributed by atoms with Gasteiger partial charge in [0.05, 0.1) is 6.61 Å². The number of rotatable bonds is 6. The second-order valence-electron chi connectivity index (χ2n) is 6.14. The molecule has 1 aliphatic rings. The van der Waals surface area contributed by atoms with Gasteiger partial charge in [0, 0.05) is 12.6 Å². The fourth-order valence-corrected chi connectivity index (χ4v) is 2.99. The predicted octanol–water partition coefficient (Wildman–Crippen LogP) is 2.59. The first kappa shape index (κ1) is 16.7. The van der Waals surface area contributed by atoms with E-state index >= 15 is 0 Å². The lowest BCUT2D eigenvalue weighted by Crippen LogP contribution is -2.42. The smallest absolute Gasteiger partial charge is 0.248 e. The van der Waals surface area contributed by atoms with Crippen LogP contribution in [0.25, 0.3) is 0 Å². The highest BCUT2D eigenvalue weighted by molar-refractivity contribution is 5.80. The summed E-state index contributed by atoms with van der Waals surface area (Å²) in [6, 6.07) is 18.5. The molecule has 2 aromatic carbocycles. The normalized spacial score (nSPS) is 17.8. The summed E-state index contributed by atoms with van der Waals surface area (Å²) in [6.45, 7) is 3.76. The Labute approximate surface area is 143 Å². The number of carbonyl (C=O) groups is 1. The molecule has 0 spiro atoms. The minimum atomic E-state index is -0.468. The van der Waals surface area contributed by atoms with Gasteiger partial charge in [-0.15, -0.1) is 0 Å². The third-order valence-corrected chi connectivity index (χ3v) is 4.41. The fourth-order valence-electron chi connectivity index (χ4n) is 2.99. The lowest BCUT2D eigenvalue weighted by atomic mass is 9.94. The summed E-state index contributed by atoms with van der Waals surface area (Å²) in [6.07, 6.45) is 0.570. The number of hydrogen-bond acceptors (Lipinski definition) is 3. The molecule has 4 heteroatoms. The predicted molar refractivity (Wildman–Crippen MR) is 94.6 cm³/mol. The Bertz CT molecular complexity index is 672. The van der Waals surface area contributed by atoms with Gasteiger partial charge in [-0.2, -0.15) is 0 Å². The number of benzene rings is 2. The van der Waals surface area contributed by atoms with Gasteiger partial charge < -0.3 is 15.4 Å². The maximum atomic E-state index is 12.3. The molecule has 2 unspecified atom stereocenters. The van der Waals surface area contributed by atoms with Crippen molar-refractivity contribution in [3.05, 3.63) is 71.3 Å². The molecule has 0 aromatic heterocycles. The van der Waals surface area contributed by atoms with Crippen LogP contribution in [0.15, 0.2) is 54.6 Å². The third kappa shape index (κ3) is 4.22. The second-order valence-corrected chi connectivity index (χ2v) is 6.14. The average Bonchev–Trinajstić information content (AvgIpc) is 2.65. The first-order valence-corrected chi connectivity index (χ1v) is 8.48. The van der Waals surface area contributed by atoms with Crippen LogP contribution in [0.1, 0.15) is 29.7 Å². The number of fused-ring (bicyclic) bond motifs is 1. The zero-order valence-electron chi connectivity index (χ0n) is 14.0. The van der Waals surface area contributed by atoms with Gasteiger partial charge in [-0.25, -0.2) is 0 Å². The summed E-state index contributed by atoms with van der Waals surface area (Å²) >= 11 is 0. The Morgan fingerprint density at radius 2 is 1.96 bits per heavy atom. The topological polar surface area (TPSA) is 50.4 Å². The van der Waals surface area contributed by atoms with Crippen LogP contribution in [0.2, 0.25) is 0 Å². The molecule has 2 N–H and O–H groups in total. The maximum absolute atomic E-state index is 12.3. The molecule has 0 aliphatic carbocycles. The molecule has 0 fully saturated rings. The van der Waals surface area contributed by atoms with E-state index in [1.54, 1.807) is 6.92 Å². The van der Waals surface area contributed by atoms with Crippen molar-refractivity contribution in [1.82, 2.24) is 10.6 Å². The summed E-state index contributed by atoms with van der Waals surface area (Å²) < 4.78 is 5.67. The Morgan fingerprint density at radius 1 is 1.21 bits per heavy atom. The molecule has 0 saturated heterocycles. The van der Waals surface area contributed by atoms with Crippen LogP contribution in [0.3, 0.4) is 0 Å². The van der Waals surface area contributed by atoms with Crippen LogP contribution < -0.4 is 10.6 Å². The molecular formula is C20H24N2O2. The van der Waals surface area contributed by atoms with Crippen LogP contribution in [0.5, 0.6) is 0 Å². The second kappa shape index (κ2) is 8.08. The van der Waals surface area contributed by atoms with Gasteiger partial charge in [-0.3, -0.25) is 4.79 Å². The zero-order chi connectivity index (χ0) is 16.8. The van der Waals surface area contributed by atoms with Crippen molar-refractivity contribution >= 4 is 5.91 Å². The largest absolute Gasteiger partial charge is 0.364 e. The standard InChI is InChI=1S/C20H24N2O2/c1-15(24-14-16-7-3-2-4-8-16)20(23)22-13-19-18-10-6-5-9-17(18)11-12-21-19/h2-10,15,19,21H,11-14H2,1H3,(H,22,23). The summed E-state index contributed by atoms with van der Waals surface area (Å²) in [5.41, 5.74) is 3.71. The minimum absolute atomic E-state index is 0.0733. The monoisotopic (exact) mass is 324 g/mol. The van der Waals surface area contributed by atoms with Gasteiger partial charge in [0.25, 0.3) is 0 Å². The van der Waals surface area contributed by atoms with Crippen molar-refractivity contribution in [1.29, 1.82) is 0 Å². The number of ether oxygens (including phenoxy) is 1. The van der Waals surface area contributed by atoms with E-state index in [2.05, 4.69) is 28.8 Å². The SMILES string of the molecule is CC(OCc1ccccc1)C(=O)NCC1NCCc2ccccc21. The Kier molecular flexibility index (Phi) is 5.62. The molecule has 3 rings (SSSR count). The lowest BCUT2D eigenvalue weighted by Gasteiger charge is -2.27. The number of hydrogen-bond donors (Lipinski definition) is 2. The first-order chi connectivity index (χ1) is 11.7. The highest BCUT2D eigenvalue weighted by Crippen LogP contribution is 2.21. The van der Waals surface area contributed by atoms with Crippen molar-refractivity contribution in [3.63, 3.8) is 0 Å². The Morgan fingerprint density at radius 3 is 2.79 bits per heavy atom.